The zero-order chi connectivity index (χ0) is 22.2. The van der Waals surface area contributed by atoms with Gasteiger partial charge in [-0.2, -0.15) is 0 Å². The molecular weight excluding hydrogens is 438 g/mol. The minimum Gasteiger partial charge on any atom is -0.279 e. The minimum absolute atomic E-state index is 0.199. The Kier molecular flexibility index (Phi) is 5.38. The first-order valence-corrected chi connectivity index (χ1v) is 11.4. The Labute approximate surface area is 182 Å². The van der Waals surface area contributed by atoms with Crippen LogP contribution < -0.4 is 4.72 Å². The Hall–Kier alpha value is -3.44. The highest BCUT2D eigenvalue weighted by Gasteiger charge is 2.23. The summed E-state index contributed by atoms with van der Waals surface area (Å²) in [5.74, 6) is 0. The third-order valence-corrected chi connectivity index (χ3v) is 6.94. The van der Waals surface area contributed by atoms with Crippen LogP contribution in [0.4, 0.5) is 11.4 Å². The molecule has 0 fully saturated rings. The number of nitro groups is 1. The van der Waals surface area contributed by atoms with E-state index in [-0.39, 0.29) is 15.5 Å². The molecule has 9 nitrogen and oxygen atoms in total. The summed E-state index contributed by atoms with van der Waals surface area (Å²) in [6, 6.07) is 14.5. The molecule has 4 aromatic rings. The summed E-state index contributed by atoms with van der Waals surface area (Å²) in [5, 5.41) is 20.2. The Balaban J connectivity index is 1.69. The van der Waals surface area contributed by atoms with Crippen LogP contribution in [0.3, 0.4) is 0 Å². The maximum Gasteiger partial charge on any atom is 0.284 e. The van der Waals surface area contributed by atoms with E-state index >= 15 is 0 Å². The molecule has 0 aliphatic heterocycles. The third kappa shape index (κ3) is 4.23. The number of aryl methyl sites for hydroxylation is 2. The number of rotatable bonds is 6. The van der Waals surface area contributed by atoms with E-state index in [1.165, 1.54) is 12.1 Å². The molecule has 0 saturated carbocycles. The number of nitro benzene ring substituents is 1. The average Bonchev–Trinajstić information content (AvgIpc) is 3.13. The van der Waals surface area contributed by atoms with Gasteiger partial charge in [0.2, 0.25) is 5.16 Å². The summed E-state index contributed by atoms with van der Waals surface area (Å²) in [6.07, 6.45) is 1.75. The molecule has 0 aliphatic carbocycles. The quantitative estimate of drug-likeness (QED) is 0.342. The molecule has 31 heavy (non-hydrogen) atoms. The van der Waals surface area contributed by atoms with Gasteiger partial charge in [0.05, 0.1) is 20.4 Å². The van der Waals surface area contributed by atoms with Gasteiger partial charge in [0, 0.05) is 12.3 Å². The lowest BCUT2D eigenvalue weighted by Gasteiger charge is -2.12. The molecule has 0 unspecified atom stereocenters. The van der Waals surface area contributed by atoms with Gasteiger partial charge >= 0.3 is 0 Å². The van der Waals surface area contributed by atoms with Crippen LogP contribution in [0.15, 0.2) is 75.7 Å². The molecule has 0 saturated heterocycles. The number of aromatic nitrogens is 3. The van der Waals surface area contributed by atoms with Crippen molar-refractivity contribution in [3.05, 3.63) is 82.0 Å². The summed E-state index contributed by atoms with van der Waals surface area (Å²) in [7, 11) is -4.02. The molecule has 0 amide bonds. The van der Waals surface area contributed by atoms with Crippen molar-refractivity contribution < 1.29 is 13.3 Å². The molecule has 2 aromatic carbocycles. The zero-order valence-corrected chi connectivity index (χ0v) is 18.1. The van der Waals surface area contributed by atoms with Gasteiger partial charge < -0.3 is 0 Å². The standard InChI is InChI=1S/C20H17N5O4S2/c1-13-6-8-16(14(2)11-13)23-31(28,29)15-7-9-18(17(12-15)25(26)27)30-20-22-21-19-5-3-4-10-24(19)20/h3-12,23H,1-2H3. The van der Waals surface area contributed by atoms with E-state index in [1.54, 1.807) is 41.8 Å². The molecule has 0 atom stereocenters. The van der Waals surface area contributed by atoms with Crippen LogP contribution in [0.2, 0.25) is 0 Å². The van der Waals surface area contributed by atoms with Gasteiger partial charge in [-0.25, -0.2) is 8.42 Å². The van der Waals surface area contributed by atoms with Gasteiger partial charge in [0.1, 0.15) is 0 Å². The van der Waals surface area contributed by atoms with Gasteiger partial charge in [0.25, 0.3) is 15.7 Å². The van der Waals surface area contributed by atoms with Crippen LogP contribution in [0.1, 0.15) is 11.1 Å². The number of fused-ring (bicyclic) bond motifs is 1. The number of sulfonamides is 1. The van der Waals surface area contributed by atoms with E-state index in [0.29, 0.717) is 16.5 Å². The van der Waals surface area contributed by atoms with Crippen molar-refractivity contribution in [2.75, 3.05) is 4.72 Å². The molecule has 1 N–H and O–H groups in total. The van der Waals surface area contributed by atoms with Crippen LogP contribution in [-0.2, 0) is 10.0 Å². The number of hydrogen-bond donors (Lipinski definition) is 1. The largest absolute Gasteiger partial charge is 0.284 e. The number of hydrogen-bond acceptors (Lipinski definition) is 7. The fraction of sp³-hybridized carbons (Fsp3) is 0.100. The fourth-order valence-electron chi connectivity index (χ4n) is 3.01. The first-order chi connectivity index (χ1) is 14.7. The van der Waals surface area contributed by atoms with E-state index in [4.69, 9.17) is 0 Å². The van der Waals surface area contributed by atoms with Crippen molar-refractivity contribution in [1.29, 1.82) is 0 Å². The second-order valence-corrected chi connectivity index (χ2v) is 9.52. The van der Waals surface area contributed by atoms with Crippen molar-refractivity contribution in [3.63, 3.8) is 0 Å². The Bertz CT molecular complexity index is 1420. The van der Waals surface area contributed by atoms with Crippen molar-refractivity contribution in [3.8, 4) is 0 Å². The lowest BCUT2D eigenvalue weighted by atomic mass is 10.1. The molecule has 0 spiro atoms. The molecular formula is C20H17N5O4S2. The van der Waals surface area contributed by atoms with Crippen molar-refractivity contribution in [2.45, 2.75) is 28.8 Å². The van der Waals surface area contributed by atoms with Gasteiger partial charge in [0.15, 0.2) is 5.65 Å². The summed E-state index contributed by atoms with van der Waals surface area (Å²) in [5.41, 5.74) is 2.44. The minimum atomic E-state index is -4.02. The second kappa shape index (κ2) is 8.00. The summed E-state index contributed by atoms with van der Waals surface area (Å²) in [6.45, 7) is 3.69. The monoisotopic (exact) mass is 455 g/mol. The average molecular weight is 456 g/mol. The van der Waals surface area contributed by atoms with Crippen molar-refractivity contribution in [2.24, 2.45) is 0 Å². The van der Waals surface area contributed by atoms with Gasteiger partial charge in [-0.15, -0.1) is 10.2 Å². The number of nitrogens with one attached hydrogen (secondary N) is 1. The van der Waals surface area contributed by atoms with Crippen LogP contribution >= 0.6 is 11.8 Å². The van der Waals surface area contributed by atoms with Gasteiger partial charge in [-0.1, -0.05) is 23.8 Å². The Morgan fingerprint density at radius 2 is 1.87 bits per heavy atom. The SMILES string of the molecule is Cc1ccc(NS(=O)(=O)c2ccc(Sc3nnc4ccccn34)c([N+](=O)[O-])c2)c(C)c1. The van der Waals surface area contributed by atoms with Crippen LogP contribution in [0.5, 0.6) is 0 Å². The summed E-state index contributed by atoms with van der Waals surface area (Å²) >= 11 is 1.04. The first-order valence-electron chi connectivity index (χ1n) is 9.11. The molecule has 0 radical (unpaired) electrons. The fourth-order valence-corrected chi connectivity index (χ4v) is 5.07. The second-order valence-electron chi connectivity index (χ2n) is 6.82. The maximum absolute atomic E-state index is 12.8. The smallest absolute Gasteiger partial charge is 0.279 e. The number of anilines is 1. The van der Waals surface area contributed by atoms with E-state index in [9.17, 15) is 18.5 Å². The topological polar surface area (TPSA) is 120 Å². The highest BCUT2D eigenvalue weighted by molar-refractivity contribution is 7.99. The Morgan fingerprint density at radius 1 is 1.06 bits per heavy atom. The third-order valence-electron chi connectivity index (χ3n) is 4.55. The predicted octanol–water partition coefficient (Wildman–Crippen LogP) is 4.21. The Morgan fingerprint density at radius 3 is 2.61 bits per heavy atom. The number of nitrogens with zero attached hydrogens (tertiary/aromatic N) is 4. The highest BCUT2D eigenvalue weighted by atomic mass is 32.2. The van der Waals surface area contributed by atoms with Crippen LogP contribution in [0.25, 0.3) is 5.65 Å². The first kappa shape index (κ1) is 20.8. The van der Waals surface area contributed by atoms with E-state index < -0.39 is 14.9 Å². The molecule has 0 aliphatic rings. The molecule has 2 heterocycles. The van der Waals surface area contributed by atoms with Crippen molar-refractivity contribution >= 4 is 38.8 Å². The zero-order valence-electron chi connectivity index (χ0n) is 16.5. The highest BCUT2D eigenvalue weighted by Crippen LogP contribution is 2.36. The van der Waals surface area contributed by atoms with Crippen LogP contribution in [-0.4, -0.2) is 27.9 Å². The summed E-state index contributed by atoms with van der Waals surface area (Å²) in [4.78, 5) is 11.1. The molecule has 11 heteroatoms. The van der Waals surface area contributed by atoms with E-state index in [2.05, 4.69) is 14.9 Å². The normalized spacial score (nSPS) is 11.5. The number of pyridine rings is 1. The molecule has 4 rings (SSSR count). The summed E-state index contributed by atoms with van der Waals surface area (Å²) < 4.78 is 29.9. The molecule has 2 aromatic heterocycles. The van der Waals surface area contributed by atoms with E-state index in [0.717, 1.165) is 29.0 Å². The van der Waals surface area contributed by atoms with E-state index in [1.807, 2.05) is 19.1 Å². The molecule has 0 bridgehead atoms. The van der Waals surface area contributed by atoms with Crippen LogP contribution in [0, 0.1) is 24.0 Å². The maximum atomic E-state index is 12.8. The van der Waals surface area contributed by atoms with Gasteiger partial charge in [-0.3, -0.25) is 19.2 Å². The predicted molar refractivity (Wildman–Crippen MR) is 117 cm³/mol. The lowest BCUT2D eigenvalue weighted by molar-refractivity contribution is -0.388. The lowest BCUT2D eigenvalue weighted by Crippen LogP contribution is -2.14. The molecule has 158 valence electrons. The van der Waals surface area contributed by atoms with Gasteiger partial charge in [-0.05, 0) is 61.5 Å². The number of benzene rings is 2. The van der Waals surface area contributed by atoms with Crippen molar-refractivity contribution in [1.82, 2.24) is 14.6 Å².